The van der Waals surface area contributed by atoms with E-state index >= 15 is 0 Å². The number of primary amides is 1. The van der Waals surface area contributed by atoms with Gasteiger partial charge in [-0.1, -0.05) is 44.2 Å². The second kappa shape index (κ2) is 30.2. The number of hydrogen-bond acceptors (Lipinski definition) is 16. The lowest BCUT2D eigenvalue weighted by Crippen LogP contribution is -2.46. The van der Waals surface area contributed by atoms with E-state index in [0.29, 0.717) is 45.6 Å². The van der Waals surface area contributed by atoms with Crippen molar-refractivity contribution in [3.05, 3.63) is 137 Å². The number of hydrogen-bond donors (Lipinski definition) is 6. The first kappa shape index (κ1) is 65.9. The molecule has 4 aromatic carbocycles. The number of carbonyl (C=O) groups excluding carboxylic acids is 10. The van der Waals surface area contributed by atoms with Crippen LogP contribution in [-0.4, -0.2) is 167 Å². The summed E-state index contributed by atoms with van der Waals surface area (Å²) in [4.78, 5) is 139. The van der Waals surface area contributed by atoms with Crippen LogP contribution in [0.1, 0.15) is 76.6 Å². The van der Waals surface area contributed by atoms with Crippen LogP contribution in [-0.2, 0) is 40.0 Å². The maximum Gasteiger partial charge on any atom is 0.415 e. The molecule has 0 fully saturated rings. The van der Waals surface area contributed by atoms with Gasteiger partial charge in [-0.25, -0.2) is 24.2 Å². The Morgan fingerprint density at radius 2 is 1.53 bits per heavy atom. The van der Waals surface area contributed by atoms with E-state index in [1.54, 1.807) is 78.0 Å². The Labute approximate surface area is 522 Å². The number of aryl methyl sites for hydroxylation is 1. The van der Waals surface area contributed by atoms with E-state index in [1.165, 1.54) is 48.2 Å². The predicted molar refractivity (Wildman–Crippen MR) is 331 cm³/mol. The van der Waals surface area contributed by atoms with Crippen molar-refractivity contribution in [2.24, 2.45) is 17.6 Å². The van der Waals surface area contributed by atoms with Gasteiger partial charge in [-0.15, -0.1) is 11.6 Å². The SMILES string of the molecule is Cc1cccc2c(OC(=O)N(C)CCN(C)C(=O)OCc3ccc(NC(=O)[C@H](CCCNC(N)=O)CC(=O)[C@@H](NC(=O)OCCOCCN4C(=O)C=CC4=O)C(C)C)cc3)cc3c(c12)[C@H](CCl)CN3C(=O)c1cn2cc(NC(=O)c3ccc(O)cc3)ccc2n1. The van der Waals surface area contributed by atoms with E-state index in [2.05, 4.69) is 26.3 Å². The number of benzene rings is 4. The van der Waals surface area contributed by atoms with Crippen LogP contribution in [0.5, 0.6) is 11.5 Å². The zero-order valence-corrected chi connectivity index (χ0v) is 51.0. The van der Waals surface area contributed by atoms with E-state index in [9.17, 15) is 53.1 Å². The van der Waals surface area contributed by atoms with Crippen molar-refractivity contribution >= 4 is 105 Å². The summed E-state index contributed by atoms with van der Waals surface area (Å²) in [5.74, 6) is -3.81. The standard InChI is InChI=1S/C63H70ClN11O15/c1-37(2)56(70-61(84)88-29-28-87-27-26-74-52(78)21-22-53(74)79)49(77)30-41(9-7-23-66-60(65)83)58(81)67-43-15-11-39(12-16-43)36-89-62(85)71(4)24-25-72(5)63(86)90-50-31-48-55(54-38(3)8-6-10-46(50)54)42(32-64)33-75(48)59(82)47-35-73-34-44(17-20-51(73)69-47)68-57(80)40-13-18-45(76)19-14-40/h6,8,10-22,31,34-35,37,41-42,56,76H,7,9,23-30,32-33,36H2,1-5H3,(H,67,81)(H,68,80)(H,70,84)(H3,65,66,83)/t41-,42-,56+/m1/s1. The first-order chi connectivity index (χ1) is 43.1. The molecule has 3 atom stereocenters. The number of ether oxygens (including phenoxy) is 4. The van der Waals surface area contributed by atoms with Crippen molar-refractivity contribution in [1.29, 1.82) is 0 Å². The minimum Gasteiger partial charge on any atom is -0.508 e. The number of nitrogens with two attached hydrogens (primary N) is 1. The second-order valence-corrected chi connectivity index (χ2v) is 22.2. The topological polar surface area (TPSA) is 332 Å². The summed E-state index contributed by atoms with van der Waals surface area (Å²) in [6.07, 6.45) is 3.40. The molecule has 0 aliphatic carbocycles. The van der Waals surface area contributed by atoms with Gasteiger partial charge in [0, 0.05) is 112 Å². The molecular weight excluding hydrogens is 1190 g/mol. The minimum absolute atomic E-state index is 0.0249. The number of anilines is 3. The molecule has 90 heavy (non-hydrogen) atoms. The molecule has 2 aromatic heterocycles. The van der Waals surface area contributed by atoms with Crippen LogP contribution >= 0.6 is 11.6 Å². The fraction of sp³-hybridized carbons (Fsp3) is 0.349. The number of amides is 10. The summed E-state index contributed by atoms with van der Waals surface area (Å²) in [5.41, 5.74) is 9.72. The molecule has 4 heterocycles. The molecule has 2 aliphatic heterocycles. The highest BCUT2D eigenvalue weighted by atomic mass is 35.5. The molecule has 8 rings (SSSR count). The van der Waals surface area contributed by atoms with Crippen molar-refractivity contribution in [1.82, 2.24) is 34.7 Å². The Kier molecular flexibility index (Phi) is 22.1. The van der Waals surface area contributed by atoms with Gasteiger partial charge in [0.2, 0.25) is 5.91 Å². The lowest BCUT2D eigenvalue weighted by molar-refractivity contribution is -0.137. The number of Topliss-reactive ketones (excluding diaryl/α,β-unsaturated/α-hetero) is 1. The number of rotatable bonds is 27. The summed E-state index contributed by atoms with van der Waals surface area (Å²) in [6, 6.07) is 21.1. The number of imide groups is 1. The van der Waals surface area contributed by atoms with Gasteiger partial charge in [-0.2, -0.15) is 0 Å². The van der Waals surface area contributed by atoms with Crippen molar-refractivity contribution in [2.75, 3.05) is 88.1 Å². The Balaban J connectivity index is 0.825. The van der Waals surface area contributed by atoms with Crippen LogP contribution < -0.4 is 36.6 Å². The highest BCUT2D eigenvalue weighted by Gasteiger charge is 2.37. The molecular formula is C63H70ClN11O15. The number of nitrogens with zero attached hydrogens (tertiary/aromatic N) is 6. The first-order valence-corrected chi connectivity index (χ1v) is 29.5. The number of alkyl halides is 1. The number of nitrogens with one attached hydrogen (secondary N) is 4. The normalized spacial score (nSPS) is 14.1. The summed E-state index contributed by atoms with van der Waals surface area (Å²) in [6.45, 7) is 5.50. The van der Waals surface area contributed by atoms with Crippen LogP contribution in [0, 0.1) is 18.8 Å². The van der Waals surface area contributed by atoms with Crippen molar-refractivity contribution in [2.45, 2.75) is 58.6 Å². The third kappa shape index (κ3) is 16.7. The third-order valence-electron chi connectivity index (χ3n) is 15.1. The monoisotopic (exact) mass is 1260 g/mol. The number of aromatic hydroxyl groups is 1. The highest BCUT2D eigenvalue weighted by molar-refractivity contribution is 6.19. The number of pyridine rings is 1. The molecule has 0 unspecified atom stereocenters. The molecule has 0 saturated carbocycles. The predicted octanol–water partition coefficient (Wildman–Crippen LogP) is 7.09. The summed E-state index contributed by atoms with van der Waals surface area (Å²) in [5, 5.41) is 21.7. The lowest BCUT2D eigenvalue weighted by Gasteiger charge is -2.24. The molecule has 474 valence electrons. The van der Waals surface area contributed by atoms with Crippen molar-refractivity contribution in [3.8, 4) is 11.5 Å². The quantitative estimate of drug-likeness (QED) is 0.0170. The number of fused-ring (bicyclic) bond motifs is 4. The Morgan fingerprint density at radius 1 is 0.833 bits per heavy atom. The van der Waals surface area contributed by atoms with Crippen LogP contribution in [0.25, 0.3) is 16.4 Å². The molecule has 0 spiro atoms. The fourth-order valence-corrected chi connectivity index (χ4v) is 10.4. The number of halogens is 1. The number of urea groups is 1. The number of aromatic nitrogens is 2. The van der Waals surface area contributed by atoms with Crippen molar-refractivity contribution < 1.29 is 72.0 Å². The summed E-state index contributed by atoms with van der Waals surface area (Å²) < 4.78 is 23.8. The van der Waals surface area contributed by atoms with Gasteiger partial charge < -0.3 is 70.2 Å². The Morgan fingerprint density at radius 3 is 2.22 bits per heavy atom. The minimum atomic E-state index is -1.03. The Hall–Kier alpha value is -10.1. The van der Waals surface area contributed by atoms with E-state index in [4.69, 9.17) is 36.3 Å². The summed E-state index contributed by atoms with van der Waals surface area (Å²) >= 11 is 6.60. The number of ketones is 1. The fourth-order valence-electron chi connectivity index (χ4n) is 10.2. The van der Waals surface area contributed by atoms with Gasteiger partial charge in [0.05, 0.1) is 37.2 Å². The van der Waals surface area contributed by atoms with Crippen LogP contribution in [0.4, 0.5) is 36.2 Å². The van der Waals surface area contributed by atoms with E-state index in [0.717, 1.165) is 33.6 Å². The number of phenols is 1. The molecule has 26 nitrogen and oxygen atoms in total. The van der Waals surface area contributed by atoms with Gasteiger partial charge in [-0.05, 0) is 96.3 Å². The van der Waals surface area contributed by atoms with Crippen molar-refractivity contribution in [3.63, 3.8) is 0 Å². The number of imidazole rings is 1. The molecule has 10 amide bonds. The van der Waals surface area contributed by atoms with Gasteiger partial charge in [0.25, 0.3) is 23.6 Å². The number of alkyl carbamates (subject to hydrolysis) is 1. The molecule has 2 aliphatic rings. The maximum atomic E-state index is 14.5. The van der Waals surface area contributed by atoms with E-state index in [1.807, 2.05) is 25.1 Å². The lowest BCUT2D eigenvalue weighted by atomic mass is 9.89. The zero-order chi connectivity index (χ0) is 64.8. The molecule has 0 radical (unpaired) electrons. The average Bonchev–Trinajstić information content (AvgIpc) is 1.59. The van der Waals surface area contributed by atoms with Gasteiger partial charge in [0.15, 0.2) is 5.78 Å². The molecule has 6 aromatic rings. The van der Waals surface area contributed by atoms with Crippen LogP contribution in [0.3, 0.4) is 0 Å². The number of carbonyl (C=O) groups is 10. The number of phenolic OH excluding ortho intramolecular Hbond substituents is 1. The van der Waals surface area contributed by atoms with Crippen LogP contribution in [0.15, 0.2) is 109 Å². The smallest absolute Gasteiger partial charge is 0.415 e. The molecule has 7 N–H and O–H groups in total. The molecule has 27 heteroatoms. The Bertz CT molecular complexity index is 3710. The molecule has 0 saturated heterocycles. The third-order valence-corrected chi connectivity index (χ3v) is 15.4. The maximum absolute atomic E-state index is 14.5. The van der Waals surface area contributed by atoms with E-state index in [-0.39, 0.29) is 101 Å². The van der Waals surface area contributed by atoms with Gasteiger partial charge in [0.1, 0.15) is 36.1 Å². The summed E-state index contributed by atoms with van der Waals surface area (Å²) in [7, 11) is 3.03. The largest absolute Gasteiger partial charge is 0.508 e. The molecule has 0 bridgehead atoms. The van der Waals surface area contributed by atoms with Crippen LogP contribution in [0.2, 0.25) is 0 Å². The highest BCUT2D eigenvalue weighted by Crippen LogP contribution is 2.47. The first-order valence-electron chi connectivity index (χ1n) is 28.9. The van der Waals surface area contributed by atoms with Gasteiger partial charge >= 0.3 is 24.3 Å². The zero-order valence-electron chi connectivity index (χ0n) is 50.2. The average molecular weight is 1260 g/mol. The second-order valence-electron chi connectivity index (χ2n) is 21.9. The number of likely N-dealkylation sites (N-methyl/N-ethyl adjacent to an activating group) is 2. The van der Waals surface area contributed by atoms with Gasteiger partial charge in [-0.3, -0.25) is 33.7 Å². The van der Waals surface area contributed by atoms with E-state index < -0.39 is 77.5 Å².